The molecule has 0 N–H and O–H groups in total. The fraction of sp³-hybridized carbons (Fsp3) is 0.538. The second-order valence-corrected chi connectivity index (χ2v) is 5.05. The highest BCUT2D eigenvalue weighted by atomic mass is 35.5. The molecule has 0 saturated heterocycles. The van der Waals surface area contributed by atoms with Gasteiger partial charge in [-0.2, -0.15) is 0 Å². The molecule has 1 aromatic carbocycles. The molecule has 1 aliphatic carbocycles. The average molecular weight is 286 g/mol. The minimum Gasteiger partial charge on any atom is -0.488 e. The molecule has 3 atom stereocenters. The monoisotopic (exact) mass is 285 g/mol. The van der Waals surface area contributed by atoms with Crippen LogP contribution in [0.4, 0.5) is 5.69 Å². The quantitative estimate of drug-likeness (QED) is 0.458. The lowest BCUT2D eigenvalue weighted by Gasteiger charge is -2.40. The lowest BCUT2D eigenvalue weighted by molar-refractivity contribution is -0.384. The molecule has 3 unspecified atom stereocenters. The number of alkyl halides is 1. The number of ether oxygens (including phenoxy) is 2. The van der Waals surface area contributed by atoms with Crippen LogP contribution < -0.4 is 4.74 Å². The van der Waals surface area contributed by atoms with Crippen molar-refractivity contribution >= 4 is 17.3 Å². The van der Waals surface area contributed by atoms with Crippen molar-refractivity contribution in [2.75, 3.05) is 6.61 Å². The fourth-order valence-electron chi connectivity index (χ4n) is 1.93. The summed E-state index contributed by atoms with van der Waals surface area (Å²) in [6.45, 7) is 2.70. The fourth-order valence-corrected chi connectivity index (χ4v) is 2.34. The minimum absolute atomic E-state index is 0.0189. The Bertz CT molecular complexity index is 437. The van der Waals surface area contributed by atoms with E-state index in [0.717, 1.165) is 12.8 Å². The van der Waals surface area contributed by atoms with Gasteiger partial charge in [0.15, 0.2) is 0 Å². The number of halogens is 1. The summed E-state index contributed by atoms with van der Waals surface area (Å²) in [6.07, 6.45) is 1.49. The van der Waals surface area contributed by atoms with Crippen LogP contribution in [0.3, 0.4) is 0 Å². The van der Waals surface area contributed by atoms with Gasteiger partial charge in [0.05, 0.1) is 10.3 Å². The highest BCUT2D eigenvalue weighted by Crippen LogP contribution is 2.33. The van der Waals surface area contributed by atoms with Crippen molar-refractivity contribution in [3.05, 3.63) is 34.4 Å². The van der Waals surface area contributed by atoms with E-state index in [1.807, 2.05) is 6.92 Å². The van der Waals surface area contributed by atoms with Crippen LogP contribution in [0.15, 0.2) is 24.3 Å². The molecule has 0 heterocycles. The molecule has 1 aliphatic rings. The second-order valence-electron chi connectivity index (χ2n) is 4.49. The lowest BCUT2D eigenvalue weighted by atomic mass is 9.91. The van der Waals surface area contributed by atoms with E-state index in [4.69, 9.17) is 21.1 Å². The number of nitro groups is 1. The summed E-state index contributed by atoms with van der Waals surface area (Å²) in [5.41, 5.74) is 0.0509. The van der Waals surface area contributed by atoms with Crippen molar-refractivity contribution in [3.63, 3.8) is 0 Å². The Hall–Kier alpha value is -1.33. The van der Waals surface area contributed by atoms with Crippen molar-refractivity contribution < 1.29 is 14.4 Å². The van der Waals surface area contributed by atoms with Crippen molar-refractivity contribution in [2.45, 2.75) is 37.4 Å². The molecule has 1 saturated carbocycles. The van der Waals surface area contributed by atoms with Crippen molar-refractivity contribution in [1.29, 1.82) is 0 Å². The Morgan fingerprint density at radius 3 is 2.63 bits per heavy atom. The van der Waals surface area contributed by atoms with E-state index in [2.05, 4.69) is 0 Å². The lowest BCUT2D eigenvalue weighted by Crippen LogP contribution is -2.52. The molecule has 0 amide bonds. The van der Waals surface area contributed by atoms with Gasteiger partial charge in [0.1, 0.15) is 18.0 Å². The third-order valence-electron chi connectivity index (χ3n) is 3.03. The molecule has 5 nitrogen and oxygen atoms in total. The first kappa shape index (κ1) is 14.1. The van der Waals surface area contributed by atoms with Crippen molar-refractivity contribution in [1.82, 2.24) is 0 Å². The maximum absolute atomic E-state index is 10.5. The number of non-ortho nitro benzene ring substituents is 1. The average Bonchev–Trinajstić information content (AvgIpc) is 2.39. The molecule has 0 spiro atoms. The van der Waals surface area contributed by atoms with Gasteiger partial charge in [-0.1, -0.05) is 6.92 Å². The third kappa shape index (κ3) is 3.36. The summed E-state index contributed by atoms with van der Waals surface area (Å²) in [5, 5.41) is 10.5. The number of hydrogen-bond donors (Lipinski definition) is 0. The first-order valence-corrected chi connectivity index (χ1v) is 6.72. The van der Waals surface area contributed by atoms with Gasteiger partial charge in [0.25, 0.3) is 5.69 Å². The Labute approximate surface area is 116 Å². The van der Waals surface area contributed by atoms with Gasteiger partial charge < -0.3 is 9.47 Å². The Kier molecular flexibility index (Phi) is 4.61. The van der Waals surface area contributed by atoms with Gasteiger partial charge in [-0.25, -0.2) is 0 Å². The molecule has 1 fully saturated rings. The third-order valence-corrected chi connectivity index (χ3v) is 3.46. The zero-order valence-electron chi connectivity index (χ0n) is 10.6. The van der Waals surface area contributed by atoms with Gasteiger partial charge in [0.2, 0.25) is 0 Å². The molecular formula is C13H16ClNO4. The number of nitrogens with zero attached hydrogens (tertiary/aromatic N) is 1. The highest BCUT2D eigenvalue weighted by molar-refractivity contribution is 6.21. The predicted molar refractivity (Wildman–Crippen MR) is 71.8 cm³/mol. The first-order valence-electron chi connectivity index (χ1n) is 6.28. The van der Waals surface area contributed by atoms with Crippen LogP contribution in [-0.4, -0.2) is 29.1 Å². The minimum atomic E-state index is -0.435. The van der Waals surface area contributed by atoms with Crippen LogP contribution in [-0.2, 0) is 4.74 Å². The van der Waals surface area contributed by atoms with Crippen LogP contribution in [0.1, 0.15) is 19.8 Å². The Balaban J connectivity index is 1.92. The molecule has 19 heavy (non-hydrogen) atoms. The standard InChI is InChI=1S/C13H16ClNO4/c1-2-7-18-13-11(14)8-12(13)19-10-5-3-9(4-6-10)15(16)17/h3-6,11-13H,2,7-8H2,1H3. The van der Waals surface area contributed by atoms with Crippen LogP contribution in [0.5, 0.6) is 5.75 Å². The number of nitro benzene ring substituents is 1. The van der Waals surface area contributed by atoms with E-state index in [0.29, 0.717) is 12.4 Å². The molecule has 6 heteroatoms. The SMILES string of the molecule is CCCOC1C(Cl)CC1Oc1ccc([N+](=O)[O-])cc1. The van der Waals surface area contributed by atoms with Crippen molar-refractivity contribution in [2.24, 2.45) is 0 Å². The smallest absolute Gasteiger partial charge is 0.269 e. The maximum Gasteiger partial charge on any atom is 0.269 e. The Morgan fingerprint density at radius 2 is 2.11 bits per heavy atom. The van der Waals surface area contributed by atoms with E-state index in [-0.39, 0.29) is 23.3 Å². The van der Waals surface area contributed by atoms with Crippen LogP contribution >= 0.6 is 11.6 Å². The van der Waals surface area contributed by atoms with E-state index < -0.39 is 4.92 Å². The zero-order valence-corrected chi connectivity index (χ0v) is 11.4. The van der Waals surface area contributed by atoms with Gasteiger partial charge in [0, 0.05) is 25.2 Å². The topological polar surface area (TPSA) is 61.6 Å². The zero-order chi connectivity index (χ0) is 13.8. The number of hydrogen-bond acceptors (Lipinski definition) is 4. The molecule has 104 valence electrons. The van der Waals surface area contributed by atoms with Gasteiger partial charge in [-0.15, -0.1) is 11.6 Å². The summed E-state index contributed by atoms with van der Waals surface area (Å²) in [5.74, 6) is 0.601. The largest absolute Gasteiger partial charge is 0.488 e. The maximum atomic E-state index is 10.5. The van der Waals surface area contributed by atoms with Gasteiger partial charge in [-0.05, 0) is 18.6 Å². The summed E-state index contributed by atoms with van der Waals surface area (Å²) < 4.78 is 11.4. The van der Waals surface area contributed by atoms with E-state index >= 15 is 0 Å². The van der Waals surface area contributed by atoms with Crippen molar-refractivity contribution in [3.8, 4) is 5.75 Å². The van der Waals surface area contributed by atoms with E-state index in [1.54, 1.807) is 12.1 Å². The highest BCUT2D eigenvalue weighted by Gasteiger charge is 2.42. The second kappa shape index (κ2) is 6.21. The van der Waals surface area contributed by atoms with E-state index in [1.165, 1.54) is 12.1 Å². The summed E-state index contributed by atoms with van der Waals surface area (Å²) in [7, 11) is 0. The molecule has 1 aromatic rings. The molecule has 0 aromatic heterocycles. The number of benzene rings is 1. The molecule has 0 bridgehead atoms. The van der Waals surface area contributed by atoms with Crippen LogP contribution in [0.25, 0.3) is 0 Å². The Morgan fingerprint density at radius 1 is 1.42 bits per heavy atom. The van der Waals surface area contributed by atoms with Gasteiger partial charge in [-0.3, -0.25) is 10.1 Å². The molecule has 2 rings (SSSR count). The summed E-state index contributed by atoms with van der Waals surface area (Å²) in [4.78, 5) is 10.1. The first-order chi connectivity index (χ1) is 9.11. The summed E-state index contributed by atoms with van der Waals surface area (Å²) >= 11 is 6.08. The van der Waals surface area contributed by atoms with Gasteiger partial charge >= 0.3 is 0 Å². The summed E-state index contributed by atoms with van der Waals surface area (Å²) in [6, 6.07) is 6.04. The molecular weight excluding hydrogens is 270 g/mol. The molecule has 0 aliphatic heterocycles. The van der Waals surface area contributed by atoms with E-state index in [9.17, 15) is 10.1 Å². The predicted octanol–water partition coefficient (Wildman–Crippen LogP) is 3.15. The van der Waals surface area contributed by atoms with Crippen LogP contribution in [0, 0.1) is 10.1 Å². The number of rotatable bonds is 6. The van der Waals surface area contributed by atoms with Crippen LogP contribution in [0.2, 0.25) is 0 Å². The normalized spacial score (nSPS) is 25.7. The molecule has 0 radical (unpaired) electrons.